The molecule has 0 bridgehead atoms. The van der Waals surface area contributed by atoms with Crippen LogP contribution in [0.25, 0.3) is 0 Å². The SMILES string of the molecule is Cc1ccccc1CSc1ncnc(N)c1Br. The molecule has 1 aromatic carbocycles. The fourth-order valence-electron chi connectivity index (χ4n) is 1.39. The van der Waals surface area contributed by atoms with Crippen LogP contribution < -0.4 is 5.73 Å². The van der Waals surface area contributed by atoms with Crippen molar-refractivity contribution in [1.29, 1.82) is 0 Å². The fraction of sp³-hybridized carbons (Fsp3) is 0.167. The van der Waals surface area contributed by atoms with Gasteiger partial charge in [0, 0.05) is 5.75 Å². The molecule has 1 aromatic heterocycles. The van der Waals surface area contributed by atoms with Gasteiger partial charge < -0.3 is 5.73 Å². The highest BCUT2D eigenvalue weighted by atomic mass is 79.9. The summed E-state index contributed by atoms with van der Waals surface area (Å²) in [6, 6.07) is 8.33. The molecule has 2 N–H and O–H groups in total. The smallest absolute Gasteiger partial charge is 0.142 e. The summed E-state index contributed by atoms with van der Waals surface area (Å²) in [5.74, 6) is 1.36. The highest BCUT2D eigenvalue weighted by molar-refractivity contribution is 9.10. The van der Waals surface area contributed by atoms with Gasteiger partial charge in [0.1, 0.15) is 17.2 Å². The summed E-state index contributed by atoms with van der Waals surface area (Å²) in [5.41, 5.74) is 8.31. The number of nitrogen functional groups attached to an aromatic ring is 1. The van der Waals surface area contributed by atoms with Gasteiger partial charge >= 0.3 is 0 Å². The van der Waals surface area contributed by atoms with Crippen molar-refractivity contribution in [2.75, 3.05) is 5.73 Å². The van der Waals surface area contributed by atoms with Gasteiger partial charge in [0.05, 0.1) is 4.47 Å². The van der Waals surface area contributed by atoms with E-state index in [1.54, 1.807) is 11.8 Å². The summed E-state index contributed by atoms with van der Waals surface area (Å²) in [4.78, 5) is 8.13. The van der Waals surface area contributed by atoms with Gasteiger partial charge in [0.2, 0.25) is 0 Å². The second-order valence-electron chi connectivity index (χ2n) is 3.59. The maximum Gasteiger partial charge on any atom is 0.142 e. The van der Waals surface area contributed by atoms with Crippen molar-refractivity contribution in [3.8, 4) is 0 Å². The summed E-state index contributed by atoms with van der Waals surface area (Å²) >= 11 is 5.05. The largest absolute Gasteiger partial charge is 0.383 e. The Bertz CT molecular complexity index is 531. The highest BCUT2D eigenvalue weighted by Crippen LogP contribution is 2.31. The van der Waals surface area contributed by atoms with Gasteiger partial charge in [-0.25, -0.2) is 9.97 Å². The second-order valence-corrected chi connectivity index (χ2v) is 5.35. The molecule has 2 aromatic rings. The molecule has 88 valence electrons. The predicted octanol–water partition coefficient (Wildman–Crippen LogP) is 3.42. The minimum absolute atomic E-state index is 0.479. The molecule has 2 rings (SSSR count). The lowest BCUT2D eigenvalue weighted by atomic mass is 10.1. The second kappa shape index (κ2) is 5.51. The Labute approximate surface area is 113 Å². The van der Waals surface area contributed by atoms with Gasteiger partial charge in [-0.2, -0.15) is 0 Å². The molecule has 1 heterocycles. The molecule has 3 nitrogen and oxygen atoms in total. The van der Waals surface area contributed by atoms with Crippen molar-refractivity contribution in [1.82, 2.24) is 9.97 Å². The van der Waals surface area contributed by atoms with Crippen LogP contribution >= 0.6 is 27.7 Å². The number of aromatic nitrogens is 2. The molecule has 0 radical (unpaired) electrons. The van der Waals surface area contributed by atoms with E-state index in [-0.39, 0.29) is 0 Å². The number of anilines is 1. The van der Waals surface area contributed by atoms with Crippen molar-refractivity contribution >= 4 is 33.5 Å². The molecular weight excluding hydrogens is 298 g/mol. The maximum absolute atomic E-state index is 5.71. The van der Waals surface area contributed by atoms with Gasteiger partial charge in [-0.3, -0.25) is 0 Å². The number of halogens is 1. The molecule has 0 atom stereocenters. The Balaban J connectivity index is 2.13. The summed E-state index contributed by atoms with van der Waals surface area (Å²) in [6.45, 7) is 2.11. The zero-order valence-corrected chi connectivity index (χ0v) is 11.8. The first-order chi connectivity index (χ1) is 8.18. The van der Waals surface area contributed by atoms with Crippen molar-refractivity contribution < 1.29 is 0 Å². The third-order valence-electron chi connectivity index (χ3n) is 2.41. The van der Waals surface area contributed by atoms with Gasteiger partial charge in [0.15, 0.2) is 0 Å². The molecule has 0 saturated carbocycles. The summed E-state index contributed by atoms with van der Waals surface area (Å²) in [5, 5.41) is 0.876. The Morgan fingerprint density at radius 2 is 2.06 bits per heavy atom. The average molecular weight is 310 g/mol. The minimum Gasteiger partial charge on any atom is -0.383 e. The van der Waals surface area contributed by atoms with Gasteiger partial charge in [-0.05, 0) is 34.0 Å². The molecule has 0 saturated heterocycles. The van der Waals surface area contributed by atoms with E-state index in [0.717, 1.165) is 15.3 Å². The number of hydrogen-bond acceptors (Lipinski definition) is 4. The molecule has 0 aliphatic heterocycles. The summed E-state index contributed by atoms with van der Waals surface area (Å²) in [7, 11) is 0. The molecular formula is C12H12BrN3S. The van der Waals surface area contributed by atoms with Crippen molar-refractivity contribution in [2.24, 2.45) is 0 Å². The fourth-order valence-corrected chi connectivity index (χ4v) is 2.90. The third-order valence-corrected chi connectivity index (χ3v) is 4.49. The molecule has 0 fully saturated rings. The van der Waals surface area contributed by atoms with E-state index in [1.807, 2.05) is 12.1 Å². The molecule has 0 aliphatic rings. The van der Waals surface area contributed by atoms with Crippen LogP contribution in [0.5, 0.6) is 0 Å². The lowest BCUT2D eigenvalue weighted by Crippen LogP contribution is -1.95. The minimum atomic E-state index is 0.479. The number of benzene rings is 1. The normalized spacial score (nSPS) is 10.5. The standard InChI is InChI=1S/C12H12BrN3S/c1-8-4-2-3-5-9(8)6-17-12-10(13)11(14)15-7-16-12/h2-5,7H,6H2,1H3,(H2,14,15,16). The number of rotatable bonds is 3. The van der Waals surface area contributed by atoms with Crippen LogP contribution in [0.3, 0.4) is 0 Å². The Morgan fingerprint density at radius 3 is 2.82 bits per heavy atom. The van der Waals surface area contributed by atoms with Gasteiger partial charge in [-0.1, -0.05) is 24.3 Å². The first kappa shape index (κ1) is 12.4. The number of nitrogens with two attached hydrogens (primary N) is 1. The highest BCUT2D eigenvalue weighted by Gasteiger charge is 2.07. The maximum atomic E-state index is 5.71. The van der Waals surface area contributed by atoms with Gasteiger partial charge in [0.25, 0.3) is 0 Å². The van der Waals surface area contributed by atoms with Crippen molar-refractivity contribution in [3.05, 3.63) is 46.2 Å². The van der Waals surface area contributed by atoms with Crippen LogP contribution in [0.1, 0.15) is 11.1 Å². The van der Waals surface area contributed by atoms with Gasteiger partial charge in [-0.15, -0.1) is 11.8 Å². The number of aryl methyl sites for hydroxylation is 1. The van der Waals surface area contributed by atoms with Crippen LogP contribution in [0.15, 0.2) is 40.1 Å². The topological polar surface area (TPSA) is 51.8 Å². The quantitative estimate of drug-likeness (QED) is 0.697. The van der Waals surface area contributed by atoms with E-state index >= 15 is 0 Å². The number of hydrogen-bond donors (Lipinski definition) is 1. The van der Waals surface area contributed by atoms with E-state index in [9.17, 15) is 0 Å². The van der Waals surface area contributed by atoms with Crippen LogP contribution in [-0.4, -0.2) is 9.97 Å². The monoisotopic (exact) mass is 309 g/mol. The van der Waals surface area contributed by atoms with E-state index in [0.29, 0.717) is 5.82 Å². The van der Waals surface area contributed by atoms with E-state index in [1.165, 1.54) is 17.5 Å². The average Bonchev–Trinajstić information content (AvgIpc) is 2.33. The summed E-state index contributed by atoms with van der Waals surface area (Å²) < 4.78 is 0.776. The Hall–Kier alpha value is -1.07. The van der Waals surface area contributed by atoms with Crippen LogP contribution in [0, 0.1) is 6.92 Å². The predicted molar refractivity (Wildman–Crippen MR) is 74.9 cm³/mol. The molecule has 5 heteroatoms. The van der Waals surface area contributed by atoms with E-state index in [4.69, 9.17) is 5.73 Å². The zero-order valence-electron chi connectivity index (χ0n) is 9.35. The van der Waals surface area contributed by atoms with Crippen LogP contribution in [-0.2, 0) is 5.75 Å². The zero-order chi connectivity index (χ0) is 12.3. The van der Waals surface area contributed by atoms with E-state index in [2.05, 4.69) is 45.0 Å². The first-order valence-electron chi connectivity index (χ1n) is 5.11. The summed E-state index contributed by atoms with van der Waals surface area (Å²) in [6.07, 6.45) is 1.49. The van der Waals surface area contributed by atoms with E-state index < -0.39 is 0 Å². The molecule has 0 aliphatic carbocycles. The third kappa shape index (κ3) is 2.98. The Kier molecular flexibility index (Phi) is 4.02. The van der Waals surface area contributed by atoms with Crippen molar-refractivity contribution in [3.63, 3.8) is 0 Å². The van der Waals surface area contributed by atoms with Crippen LogP contribution in [0.2, 0.25) is 0 Å². The van der Waals surface area contributed by atoms with Crippen molar-refractivity contribution in [2.45, 2.75) is 17.7 Å². The Morgan fingerprint density at radius 1 is 1.29 bits per heavy atom. The lowest BCUT2D eigenvalue weighted by Gasteiger charge is -2.06. The number of thioether (sulfide) groups is 1. The lowest BCUT2D eigenvalue weighted by molar-refractivity contribution is 1.03. The molecule has 17 heavy (non-hydrogen) atoms. The molecule has 0 unspecified atom stereocenters. The molecule has 0 amide bonds. The number of nitrogens with zero attached hydrogens (tertiary/aromatic N) is 2. The first-order valence-corrected chi connectivity index (χ1v) is 6.89. The van der Waals surface area contributed by atoms with Crippen LogP contribution in [0.4, 0.5) is 5.82 Å². The molecule has 0 spiro atoms.